The molecule has 0 radical (unpaired) electrons. The molecule has 3 nitrogen and oxygen atoms in total. The first-order valence-corrected chi connectivity index (χ1v) is 5.98. The highest BCUT2D eigenvalue weighted by Gasteiger charge is 2.12. The third-order valence-electron chi connectivity index (χ3n) is 2.93. The first kappa shape index (κ1) is 11.3. The number of anilines is 2. The van der Waals surface area contributed by atoms with Crippen LogP contribution in [0.15, 0.2) is 18.2 Å². The van der Waals surface area contributed by atoms with Gasteiger partial charge in [0.1, 0.15) is 0 Å². The Balaban J connectivity index is 2.14. The maximum Gasteiger partial charge on any atom is 0.0642 e. The highest BCUT2D eigenvalue weighted by molar-refractivity contribution is 5.60. The second-order valence-electron chi connectivity index (χ2n) is 4.13. The van der Waals surface area contributed by atoms with E-state index in [1.807, 2.05) is 0 Å². The van der Waals surface area contributed by atoms with Crippen molar-refractivity contribution >= 4 is 11.4 Å². The highest BCUT2D eigenvalue weighted by Crippen LogP contribution is 2.24. The van der Waals surface area contributed by atoms with Crippen molar-refractivity contribution < 1.29 is 4.74 Å². The Kier molecular flexibility index (Phi) is 3.67. The molecule has 0 spiro atoms. The lowest BCUT2D eigenvalue weighted by Crippen LogP contribution is -2.36. The smallest absolute Gasteiger partial charge is 0.0642 e. The first-order valence-electron chi connectivity index (χ1n) is 5.98. The zero-order chi connectivity index (χ0) is 11.4. The van der Waals surface area contributed by atoms with E-state index in [0.717, 1.165) is 32.8 Å². The average Bonchev–Trinajstić information content (AvgIpc) is 2.31. The van der Waals surface area contributed by atoms with Gasteiger partial charge in [0.05, 0.1) is 13.2 Å². The Labute approximate surface area is 97.4 Å². The third-order valence-corrected chi connectivity index (χ3v) is 2.93. The number of benzene rings is 1. The van der Waals surface area contributed by atoms with Crippen LogP contribution in [0.2, 0.25) is 0 Å². The Morgan fingerprint density at radius 3 is 2.69 bits per heavy atom. The molecule has 0 unspecified atom stereocenters. The fourth-order valence-electron chi connectivity index (χ4n) is 2.13. The summed E-state index contributed by atoms with van der Waals surface area (Å²) in [5.74, 6) is 0. The molecule has 0 aliphatic carbocycles. The number of hydrogen-bond acceptors (Lipinski definition) is 3. The predicted octanol–water partition coefficient (Wildman–Crippen LogP) is 2.26. The van der Waals surface area contributed by atoms with E-state index in [9.17, 15) is 0 Å². The van der Waals surface area contributed by atoms with Crippen LogP contribution in [0, 0.1) is 6.92 Å². The number of rotatable bonds is 3. The van der Waals surface area contributed by atoms with E-state index in [1.165, 1.54) is 16.9 Å². The molecule has 1 heterocycles. The molecule has 88 valence electrons. The van der Waals surface area contributed by atoms with E-state index >= 15 is 0 Å². The fourth-order valence-corrected chi connectivity index (χ4v) is 2.13. The molecule has 3 heteroatoms. The van der Waals surface area contributed by atoms with E-state index in [4.69, 9.17) is 4.74 Å². The van der Waals surface area contributed by atoms with Crippen molar-refractivity contribution in [2.75, 3.05) is 43.1 Å². The van der Waals surface area contributed by atoms with Crippen molar-refractivity contribution in [1.82, 2.24) is 0 Å². The minimum absolute atomic E-state index is 0.842. The van der Waals surface area contributed by atoms with Crippen molar-refractivity contribution in [2.45, 2.75) is 13.8 Å². The van der Waals surface area contributed by atoms with Crippen molar-refractivity contribution in [2.24, 2.45) is 0 Å². The van der Waals surface area contributed by atoms with Gasteiger partial charge in [-0.15, -0.1) is 0 Å². The molecule has 2 rings (SSSR count). The molecule has 1 fully saturated rings. The van der Waals surface area contributed by atoms with Crippen LogP contribution in [0.1, 0.15) is 12.5 Å². The number of nitrogens with one attached hydrogen (secondary N) is 1. The highest BCUT2D eigenvalue weighted by atomic mass is 16.5. The molecule has 16 heavy (non-hydrogen) atoms. The van der Waals surface area contributed by atoms with Gasteiger partial charge in [-0.3, -0.25) is 0 Å². The summed E-state index contributed by atoms with van der Waals surface area (Å²) in [4.78, 5) is 2.40. The summed E-state index contributed by atoms with van der Waals surface area (Å²) in [6.45, 7) is 8.94. The van der Waals surface area contributed by atoms with E-state index in [0.29, 0.717) is 0 Å². The number of aryl methyl sites for hydroxylation is 1. The van der Waals surface area contributed by atoms with Crippen LogP contribution in [0.3, 0.4) is 0 Å². The van der Waals surface area contributed by atoms with Crippen LogP contribution in [-0.4, -0.2) is 32.8 Å². The van der Waals surface area contributed by atoms with Crippen molar-refractivity contribution in [3.63, 3.8) is 0 Å². The molecule has 0 saturated carbocycles. The lowest BCUT2D eigenvalue weighted by molar-refractivity contribution is 0.122. The number of hydrogen-bond donors (Lipinski definition) is 1. The second-order valence-corrected chi connectivity index (χ2v) is 4.13. The van der Waals surface area contributed by atoms with Gasteiger partial charge >= 0.3 is 0 Å². The molecule has 1 aliphatic rings. The normalized spacial score (nSPS) is 16.2. The van der Waals surface area contributed by atoms with Gasteiger partial charge in [0.15, 0.2) is 0 Å². The molecule has 1 saturated heterocycles. The summed E-state index contributed by atoms with van der Waals surface area (Å²) in [6, 6.07) is 6.58. The molecule has 0 amide bonds. The topological polar surface area (TPSA) is 24.5 Å². The molecule has 0 aromatic heterocycles. The molecular weight excluding hydrogens is 200 g/mol. The molecule has 0 atom stereocenters. The van der Waals surface area contributed by atoms with E-state index in [1.54, 1.807) is 0 Å². The van der Waals surface area contributed by atoms with Gasteiger partial charge in [0.25, 0.3) is 0 Å². The van der Waals surface area contributed by atoms with Gasteiger partial charge in [-0.2, -0.15) is 0 Å². The molecule has 1 aromatic carbocycles. The summed E-state index contributed by atoms with van der Waals surface area (Å²) >= 11 is 0. The zero-order valence-electron chi connectivity index (χ0n) is 10.1. The number of ether oxygens (including phenoxy) is 1. The zero-order valence-corrected chi connectivity index (χ0v) is 10.1. The Morgan fingerprint density at radius 2 is 2.06 bits per heavy atom. The second kappa shape index (κ2) is 5.21. The summed E-state index contributed by atoms with van der Waals surface area (Å²) < 4.78 is 5.37. The van der Waals surface area contributed by atoms with Gasteiger partial charge < -0.3 is 15.0 Å². The molecular formula is C13H20N2O. The quantitative estimate of drug-likeness (QED) is 0.845. The van der Waals surface area contributed by atoms with Crippen LogP contribution in [0.5, 0.6) is 0 Å². The summed E-state index contributed by atoms with van der Waals surface area (Å²) in [7, 11) is 0. The van der Waals surface area contributed by atoms with Crippen LogP contribution >= 0.6 is 0 Å². The third kappa shape index (κ3) is 2.47. The minimum Gasteiger partial charge on any atom is -0.385 e. The van der Waals surface area contributed by atoms with Crippen molar-refractivity contribution in [3.8, 4) is 0 Å². The largest absolute Gasteiger partial charge is 0.385 e. The summed E-state index contributed by atoms with van der Waals surface area (Å²) in [5.41, 5.74) is 3.88. The standard InChI is InChI=1S/C13H20N2O/c1-3-14-12-4-5-13(11(2)10-12)15-6-8-16-9-7-15/h4-5,10,14H,3,6-9H2,1-2H3. The van der Waals surface area contributed by atoms with E-state index in [2.05, 4.69) is 42.3 Å². The molecule has 0 bridgehead atoms. The fraction of sp³-hybridized carbons (Fsp3) is 0.538. The lowest BCUT2D eigenvalue weighted by Gasteiger charge is -2.30. The number of morpholine rings is 1. The Morgan fingerprint density at radius 1 is 1.31 bits per heavy atom. The molecule has 1 aromatic rings. The van der Waals surface area contributed by atoms with Crippen LogP contribution in [0.25, 0.3) is 0 Å². The van der Waals surface area contributed by atoms with E-state index < -0.39 is 0 Å². The van der Waals surface area contributed by atoms with Crippen LogP contribution < -0.4 is 10.2 Å². The number of nitrogens with zero attached hydrogens (tertiary/aromatic N) is 1. The van der Waals surface area contributed by atoms with Crippen molar-refractivity contribution in [3.05, 3.63) is 23.8 Å². The lowest BCUT2D eigenvalue weighted by atomic mass is 10.1. The van der Waals surface area contributed by atoms with Gasteiger partial charge in [0.2, 0.25) is 0 Å². The van der Waals surface area contributed by atoms with Gasteiger partial charge in [0, 0.05) is 31.0 Å². The molecule has 1 N–H and O–H groups in total. The molecule has 1 aliphatic heterocycles. The van der Waals surface area contributed by atoms with Gasteiger partial charge in [-0.05, 0) is 37.6 Å². The maximum atomic E-state index is 5.37. The van der Waals surface area contributed by atoms with E-state index in [-0.39, 0.29) is 0 Å². The average molecular weight is 220 g/mol. The summed E-state index contributed by atoms with van der Waals surface area (Å²) in [6.07, 6.45) is 0. The SMILES string of the molecule is CCNc1ccc(N2CCOCC2)c(C)c1. The van der Waals surface area contributed by atoms with Crippen molar-refractivity contribution in [1.29, 1.82) is 0 Å². The maximum absolute atomic E-state index is 5.37. The van der Waals surface area contributed by atoms with Gasteiger partial charge in [-0.1, -0.05) is 0 Å². The monoisotopic (exact) mass is 220 g/mol. The Bertz CT molecular complexity index is 346. The predicted molar refractivity (Wildman–Crippen MR) is 68.4 cm³/mol. The van der Waals surface area contributed by atoms with Crippen LogP contribution in [-0.2, 0) is 4.74 Å². The summed E-state index contributed by atoms with van der Waals surface area (Å²) in [5, 5.41) is 3.34. The first-order chi connectivity index (χ1) is 7.81. The Hall–Kier alpha value is -1.22. The van der Waals surface area contributed by atoms with Gasteiger partial charge in [-0.25, -0.2) is 0 Å². The van der Waals surface area contributed by atoms with Crippen LogP contribution in [0.4, 0.5) is 11.4 Å². The minimum atomic E-state index is 0.842.